The molecule has 2 aliphatic heterocycles. The first-order valence-electron chi connectivity index (χ1n) is 11.4. The van der Waals surface area contributed by atoms with Crippen LogP contribution in [0.25, 0.3) is 0 Å². The van der Waals surface area contributed by atoms with Crippen LogP contribution in [-0.2, 0) is 16.1 Å². The summed E-state index contributed by atoms with van der Waals surface area (Å²) in [6, 6.07) is 13.6. The zero-order chi connectivity index (χ0) is 24.6. The van der Waals surface area contributed by atoms with Gasteiger partial charge >= 0.3 is 0 Å². The number of fused-ring (bicyclic) bond motifs is 3. The monoisotopic (exact) mass is 481 g/mol. The van der Waals surface area contributed by atoms with E-state index in [-0.39, 0.29) is 29.0 Å². The zero-order valence-corrected chi connectivity index (χ0v) is 20.9. The summed E-state index contributed by atoms with van der Waals surface area (Å²) in [5, 5.41) is 5.67. The fourth-order valence-electron chi connectivity index (χ4n) is 4.65. The molecule has 3 atom stereocenters. The lowest BCUT2D eigenvalue weighted by molar-refractivity contribution is -0.132. The van der Waals surface area contributed by atoms with Crippen LogP contribution >= 0.6 is 11.8 Å². The third-order valence-corrected chi connectivity index (χ3v) is 7.93. The van der Waals surface area contributed by atoms with E-state index in [0.29, 0.717) is 17.9 Å². The highest BCUT2D eigenvalue weighted by atomic mass is 32.2. The van der Waals surface area contributed by atoms with Crippen molar-refractivity contribution in [1.29, 1.82) is 0 Å². The van der Waals surface area contributed by atoms with Crippen LogP contribution in [-0.4, -0.2) is 46.6 Å². The van der Waals surface area contributed by atoms with Crippen LogP contribution in [0.3, 0.4) is 0 Å². The molecule has 0 bridgehead atoms. The molecule has 0 saturated carbocycles. The molecule has 1 fully saturated rings. The highest BCUT2D eigenvalue weighted by molar-refractivity contribution is 8.01. The molecule has 7 nitrogen and oxygen atoms in total. The molecule has 2 N–H and O–H groups in total. The van der Waals surface area contributed by atoms with Crippen molar-refractivity contribution >= 4 is 29.5 Å². The van der Waals surface area contributed by atoms with Crippen molar-refractivity contribution in [2.45, 2.75) is 56.4 Å². The molecule has 0 aliphatic carbocycles. The summed E-state index contributed by atoms with van der Waals surface area (Å²) in [5.74, 6) is -0.123. The molecule has 180 valence electrons. The second-order valence-electron chi connectivity index (χ2n) is 9.58. The molecule has 0 unspecified atom stereocenters. The number of nitrogens with one attached hydrogen (secondary N) is 2. The number of nitrogens with zero attached hydrogens (tertiary/aromatic N) is 1. The zero-order valence-electron chi connectivity index (χ0n) is 20.1. The van der Waals surface area contributed by atoms with Gasteiger partial charge in [0.2, 0.25) is 11.8 Å². The number of carbonyl (C=O) groups excluding carboxylic acids is 3. The summed E-state index contributed by atoms with van der Waals surface area (Å²) in [5.41, 5.74) is 2.49. The molecule has 0 radical (unpaired) electrons. The van der Waals surface area contributed by atoms with Crippen LogP contribution in [0, 0.1) is 5.92 Å². The average Bonchev–Trinajstić information content (AvgIpc) is 3.24. The average molecular weight is 482 g/mol. The van der Waals surface area contributed by atoms with E-state index in [4.69, 9.17) is 4.74 Å². The second-order valence-corrected chi connectivity index (χ2v) is 11.3. The van der Waals surface area contributed by atoms with E-state index in [1.807, 2.05) is 70.2 Å². The predicted octanol–water partition coefficient (Wildman–Crippen LogP) is 3.50. The first kappa shape index (κ1) is 24.1. The number of benzene rings is 2. The number of methoxy groups -OCH3 is 1. The van der Waals surface area contributed by atoms with Gasteiger partial charge in [-0.2, -0.15) is 0 Å². The molecule has 3 amide bonds. The molecule has 0 aromatic heterocycles. The van der Waals surface area contributed by atoms with Crippen LogP contribution in [0.15, 0.2) is 48.5 Å². The van der Waals surface area contributed by atoms with Gasteiger partial charge in [0.25, 0.3) is 5.91 Å². The van der Waals surface area contributed by atoms with Crippen LogP contribution in [0.4, 0.5) is 0 Å². The molecule has 2 heterocycles. The minimum atomic E-state index is -0.724. The first-order valence-corrected chi connectivity index (χ1v) is 12.3. The molecule has 2 aliphatic rings. The maximum absolute atomic E-state index is 13.6. The van der Waals surface area contributed by atoms with E-state index in [1.54, 1.807) is 29.8 Å². The number of thioether (sulfide) groups is 1. The summed E-state index contributed by atoms with van der Waals surface area (Å²) in [6.07, 6.45) is 0. The minimum Gasteiger partial charge on any atom is -0.497 e. The molecule has 0 spiro atoms. The smallest absolute Gasteiger partial charge is 0.256 e. The predicted molar refractivity (Wildman–Crippen MR) is 132 cm³/mol. The number of carbonyl (C=O) groups is 3. The van der Waals surface area contributed by atoms with Crippen LogP contribution in [0.2, 0.25) is 0 Å². The Morgan fingerprint density at radius 2 is 1.88 bits per heavy atom. The summed E-state index contributed by atoms with van der Waals surface area (Å²) in [4.78, 5) is 41.5. The Morgan fingerprint density at radius 1 is 1.15 bits per heavy atom. The number of amides is 3. The van der Waals surface area contributed by atoms with Crippen molar-refractivity contribution in [2.75, 3.05) is 7.11 Å². The van der Waals surface area contributed by atoms with Gasteiger partial charge in [-0.15, -0.1) is 11.8 Å². The summed E-state index contributed by atoms with van der Waals surface area (Å²) in [6.45, 7) is 8.06. The summed E-state index contributed by atoms with van der Waals surface area (Å²) < 4.78 is 4.74. The molecular formula is C26H31N3O4S. The van der Waals surface area contributed by atoms with E-state index in [1.165, 1.54) is 0 Å². The maximum Gasteiger partial charge on any atom is 0.256 e. The number of hydrogen-bond donors (Lipinski definition) is 2. The SMILES string of the molecule is COc1cccc(CNC(=O)[C@@H](NC(=O)[C@@H]2N3C(=O)c4ccccc4[C@@H]3SC2(C)C)C(C)C)c1. The lowest BCUT2D eigenvalue weighted by Gasteiger charge is -2.32. The van der Waals surface area contributed by atoms with Crippen LogP contribution in [0.1, 0.15) is 54.6 Å². The Morgan fingerprint density at radius 3 is 2.59 bits per heavy atom. The van der Waals surface area contributed by atoms with E-state index in [2.05, 4.69) is 10.6 Å². The van der Waals surface area contributed by atoms with Gasteiger partial charge < -0.3 is 20.3 Å². The Kier molecular flexibility index (Phi) is 6.62. The molecule has 2 aromatic rings. The highest BCUT2D eigenvalue weighted by Crippen LogP contribution is 2.56. The molecule has 1 saturated heterocycles. The molecule has 4 rings (SSSR count). The fourth-order valence-corrected chi connectivity index (χ4v) is 6.24. The standard InChI is InChI=1S/C26H31N3O4S/c1-15(2)20(22(30)27-14-16-9-8-10-17(13-16)33-5)28-23(31)21-26(3,4)34-25-19-12-7-6-11-18(19)24(32)29(21)25/h6-13,15,20-21,25H,14H2,1-5H3,(H,27,30)(H,28,31)/t20-,21-,25-/m0/s1. The van der Waals surface area contributed by atoms with Gasteiger partial charge in [0.15, 0.2) is 0 Å². The van der Waals surface area contributed by atoms with E-state index in [9.17, 15) is 14.4 Å². The number of rotatable bonds is 7. The van der Waals surface area contributed by atoms with Crippen molar-refractivity contribution < 1.29 is 19.1 Å². The van der Waals surface area contributed by atoms with Crippen molar-refractivity contribution in [3.8, 4) is 5.75 Å². The normalized spacial score (nSPS) is 21.1. The third-order valence-electron chi connectivity index (χ3n) is 6.39. The summed E-state index contributed by atoms with van der Waals surface area (Å²) >= 11 is 1.61. The molecule has 8 heteroatoms. The van der Waals surface area contributed by atoms with Crippen LogP contribution < -0.4 is 15.4 Å². The Hall–Kier alpha value is -3.00. The molecular weight excluding hydrogens is 450 g/mol. The largest absolute Gasteiger partial charge is 0.497 e. The fraction of sp³-hybridized carbons (Fsp3) is 0.423. The Labute approximate surface area is 204 Å². The summed E-state index contributed by atoms with van der Waals surface area (Å²) in [7, 11) is 1.60. The van der Waals surface area contributed by atoms with Gasteiger partial charge in [0.05, 0.1) is 7.11 Å². The van der Waals surface area contributed by atoms with Gasteiger partial charge in [0, 0.05) is 16.9 Å². The van der Waals surface area contributed by atoms with Crippen molar-refractivity contribution in [2.24, 2.45) is 5.92 Å². The van der Waals surface area contributed by atoms with Gasteiger partial charge in [0.1, 0.15) is 23.2 Å². The number of ether oxygens (including phenoxy) is 1. The third kappa shape index (κ3) is 4.39. The minimum absolute atomic E-state index is 0.131. The van der Waals surface area contributed by atoms with Gasteiger partial charge in [-0.1, -0.05) is 44.2 Å². The Balaban J connectivity index is 1.49. The van der Waals surface area contributed by atoms with Crippen LogP contribution in [0.5, 0.6) is 5.75 Å². The second kappa shape index (κ2) is 9.33. The van der Waals surface area contributed by atoms with Gasteiger partial charge in [-0.3, -0.25) is 14.4 Å². The Bertz CT molecular complexity index is 1120. The lowest BCUT2D eigenvalue weighted by atomic mass is 9.98. The quantitative estimate of drug-likeness (QED) is 0.632. The highest BCUT2D eigenvalue weighted by Gasteiger charge is 2.57. The number of hydrogen-bond acceptors (Lipinski definition) is 5. The van der Waals surface area contributed by atoms with Crippen molar-refractivity contribution in [3.63, 3.8) is 0 Å². The van der Waals surface area contributed by atoms with E-state index >= 15 is 0 Å². The van der Waals surface area contributed by atoms with Gasteiger partial charge in [-0.25, -0.2) is 0 Å². The molecule has 34 heavy (non-hydrogen) atoms. The van der Waals surface area contributed by atoms with Crippen molar-refractivity contribution in [1.82, 2.24) is 15.5 Å². The first-order chi connectivity index (χ1) is 16.1. The van der Waals surface area contributed by atoms with Crippen molar-refractivity contribution in [3.05, 3.63) is 65.2 Å². The lowest BCUT2D eigenvalue weighted by Crippen LogP contribution is -2.58. The maximum atomic E-state index is 13.6. The van der Waals surface area contributed by atoms with Gasteiger partial charge in [-0.05, 0) is 49.1 Å². The van der Waals surface area contributed by atoms with E-state index in [0.717, 1.165) is 11.1 Å². The van der Waals surface area contributed by atoms with E-state index < -0.39 is 16.8 Å². The topological polar surface area (TPSA) is 87.7 Å². The molecule has 2 aromatic carbocycles.